The summed E-state index contributed by atoms with van der Waals surface area (Å²) in [6, 6.07) is 19.2. The second-order valence-corrected chi connectivity index (χ2v) is 10.2. The number of hydrogen-bond donors (Lipinski definition) is 1. The Morgan fingerprint density at radius 2 is 1.64 bits per heavy atom. The summed E-state index contributed by atoms with van der Waals surface area (Å²) in [4.78, 5) is 14.9. The average Bonchev–Trinajstić information content (AvgIpc) is 3.16. The Kier molecular flexibility index (Phi) is 6.58. The monoisotopic (exact) mass is 456 g/mol. The van der Waals surface area contributed by atoms with E-state index in [-0.39, 0.29) is 0 Å². The third-order valence-corrected chi connectivity index (χ3v) is 7.69. The molecule has 0 saturated carbocycles. The molecule has 2 heterocycles. The van der Waals surface area contributed by atoms with Gasteiger partial charge in [-0.25, -0.2) is 9.97 Å². The lowest BCUT2D eigenvalue weighted by atomic mass is 9.97. The maximum Gasteiger partial charge on any atom is 0.163 e. The van der Waals surface area contributed by atoms with Gasteiger partial charge in [0.2, 0.25) is 0 Å². The van der Waals surface area contributed by atoms with Crippen LogP contribution in [0.3, 0.4) is 0 Å². The number of aryl methyl sites for hydroxylation is 2. The predicted molar refractivity (Wildman–Crippen MR) is 142 cm³/mol. The van der Waals surface area contributed by atoms with Crippen molar-refractivity contribution in [1.82, 2.24) is 9.97 Å². The van der Waals surface area contributed by atoms with Crippen molar-refractivity contribution in [1.29, 1.82) is 0 Å². The highest BCUT2D eigenvalue weighted by molar-refractivity contribution is 7.19. The summed E-state index contributed by atoms with van der Waals surface area (Å²) in [5.41, 5.74) is 5.08. The SMILES string of the molecule is CN(C)c1ccc(-c2nc(NCCc3ccccc3)c3c4c(sc3n2)CCCCCC4)cc1. The van der Waals surface area contributed by atoms with Crippen molar-refractivity contribution in [3.63, 3.8) is 0 Å². The number of aromatic nitrogens is 2. The van der Waals surface area contributed by atoms with Crippen LogP contribution in [0.4, 0.5) is 11.5 Å². The first-order valence-electron chi connectivity index (χ1n) is 12.1. The summed E-state index contributed by atoms with van der Waals surface area (Å²) in [5.74, 6) is 1.81. The number of fused-ring (bicyclic) bond motifs is 3. The Morgan fingerprint density at radius 1 is 0.879 bits per heavy atom. The second-order valence-electron chi connectivity index (χ2n) is 9.10. The van der Waals surface area contributed by atoms with E-state index in [0.29, 0.717) is 0 Å². The Hall–Kier alpha value is -2.92. The molecule has 1 N–H and O–H groups in total. The highest BCUT2D eigenvalue weighted by atomic mass is 32.1. The van der Waals surface area contributed by atoms with Gasteiger partial charge in [-0.05, 0) is 67.5 Å². The molecule has 4 aromatic rings. The van der Waals surface area contributed by atoms with E-state index in [1.807, 2.05) is 11.3 Å². The number of rotatable bonds is 6. The molecule has 0 spiro atoms. The van der Waals surface area contributed by atoms with E-state index >= 15 is 0 Å². The molecule has 5 heteroatoms. The average molecular weight is 457 g/mol. The fourth-order valence-corrected chi connectivity index (χ4v) is 5.91. The van der Waals surface area contributed by atoms with Crippen LogP contribution >= 0.6 is 11.3 Å². The number of thiophene rings is 1. The van der Waals surface area contributed by atoms with Crippen LogP contribution in [0.2, 0.25) is 0 Å². The normalized spacial score (nSPS) is 13.9. The van der Waals surface area contributed by atoms with Gasteiger partial charge >= 0.3 is 0 Å². The van der Waals surface area contributed by atoms with Gasteiger partial charge in [0, 0.05) is 36.8 Å². The number of nitrogens with zero attached hydrogens (tertiary/aromatic N) is 3. The topological polar surface area (TPSA) is 41.1 Å². The molecule has 4 nitrogen and oxygen atoms in total. The molecule has 0 unspecified atom stereocenters. The number of anilines is 2. The minimum absolute atomic E-state index is 0.809. The molecule has 33 heavy (non-hydrogen) atoms. The van der Waals surface area contributed by atoms with Crippen molar-refractivity contribution in [3.8, 4) is 11.4 Å². The van der Waals surface area contributed by atoms with Gasteiger partial charge in [0.25, 0.3) is 0 Å². The smallest absolute Gasteiger partial charge is 0.163 e. The lowest BCUT2D eigenvalue weighted by molar-refractivity contribution is 0.624. The molecule has 0 radical (unpaired) electrons. The van der Waals surface area contributed by atoms with Gasteiger partial charge in [-0.1, -0.05) is 43.2 Å². The lowest BCUT2D eigenvalue weighted by Crippen LogP contribution is -2.09. The maximum absolute atomic E-state index is 5.08. The van der Waals surface area contributed by atoms with Crippen molar-refractivity contribution >= 4 is 33.1 Å². The van der Waals surface area contributed by atoms with Crippen LogP contribution < -0.4 is 10.2 Å². The highest BCUT2D eigenvalue weighted by Gasteiger charge is 2.20. The largest absolute Gasteiger partial charge is 0.378 e. The summed E-state index contributed by atoms with van der Waals surface area (Å²) in [7, 11) is 4.13. The van der Waals surface area contributed by atoms with Crippen molar-refractivity contribution in [3.05, 3.63) is 70.6 Å². The van der Waals surface area contributed by atoms with E-state index in [4.69, 9.17) is 9.97 Å². The molecule has 1 aliphatic carbocycles. The van der Waals surface area contributed by atoms with Crippen molar-refractivity contribution < 1.29 is 0 Å². The predicted octanol–water partition coefficient (Wildman–Crippen LogP) is 6.74. The Morgan fingerprint density at radius 3 is 2.39 bits per heavy atom. The second kappa shape index (κ2) is 9.92. The quantitative estimate of drug-likeness (QED) is 0.349. The van der Waals surface area contributed by atoms with E-state index in [1.54, 1.807) is 0 Å². The fourth-order valence-electron chi connectivity index (χ4n) is 4.65. The van der Waals surface area contributed by atoms with E-state index in [2.05, 4.69) is 78.9 Å². The van der Waals surface area contributed by atoms with Crippen LogP contribution in [0.1, 0.15) is 41.7 Å². The van der Waals surface area contributed by atoms with E-state index in [9.17, 15) is 0 Å². The third kappa shape index (κ3) is 4.88. The van der Waals surface area contributed by atoms with Crippen LogP contribution in [0.5, 0.6) is 0 Å². The Bertz CT molecular complexity index is 1210. The molecule has 2 aromatic heterocycles. The molecule has 0 atom stereocenters. The summed E-state index contributed by atoms with van der Waals surface area (Å²) >= 11 is 1.88. The van der Waals surface area contributed by atoms with Crippen LogP contribution in [0.25, 0.3) is 21.6 Å². The van der Waals surface area contributed by atoms with Gasteiger partial charge in [0.15, 0.2) is 5.82 Å². The standard InChI is InChI=1S/C28H32N4S/c1-32(2)22-16-14-21(15-17-22)26-30-27(29-19-18-20-10-6-5-7-11-20)25-23-12-8-3-4-9-13-24(23)33-28(25)31-26/h5-7,10-11,14-17H,3-4,8-9,12-13,18-19H2,1-2H3,(H,29,30,31). The molecular weight excluding hydrogens is 424 g/mol. The van der Waals surface area contributed by atoms with Crippen LogP contribution in [0, 0.1) is 0 Å². The minimum atomic E-state index is 0.809. The van der Waals surface area contributed by atoms with Gasteiger partial charge < -0.3 is 10.2 Å². The molecule has 0 fully saturated rings. The fraction of sp³-hybridized carbons (Fsp3) is 0.357. The van der Waals surface area contributed by atoms with Crippen LogP contribution in [-0.2, 0) is 19.3 Å². The van der Waals surface area contributed by atoms with Crippen LogP contribution in [-0.4, -0.2) is 30.6 Å². The molecule has 0 aliphatic heterocycles. The lowest BCUT2D eigenvalue weighted by Gasteiger charge is -2.14. The minimum Gasteiger partial charge on any atom is -0.378 e. The van der Waals surface area contributed by atoms with Gasteiger partial charge in [-0.3, -0.25) is 0 Å². The Labute approximate surface area is 200 Å². The van der Waals surface area contributed by atoms with Crippen molar-refractivity contribution in [2.45, 2.75) is 44.9 Å². The maximum atomic E-state index is 5.08. The van der Waals surface area contributed by atoms with E-state index in [1.165, 1.54) is 59.2 Å². The number of benzene rings is 2. The van der Waals surface area contributed by atoms with Gasteiger partial charge in [-0.15, -0.1) is 11.3 Å². The molecule has 1 aliphatic rings. The molecule has 2 aromatic carbocycles. The first-order valence-corrected chi connectivity index (χ1v) is 12.9. The summed E-state index contributed by atoms with van der Waals surface area (Å²) < 4.78 is 0. The molecular formula is C28H32N4S. The molecule has 0 saturated heterocycles. The molecule has 5 rings (SSSR count). The van der Waals surface area contributed by atoms with E-state index in [0.717, 1.165) is 41.4 Å². The highest BCUT2D eigenvalue weighted by Crippen LogP contribution is 2.39. The summed E-state index contributed by atoms with van der Waals surface area (Å²) in [6.07, 6.45) is 8.50. The van der Waals surface area contributed by atoms with Crippen molar-refractivity contribution in [2.24, 2.45) is 0 Å². The summed E-state index contributed by atoms with van der Waals surface area (Å²) in [5, 5.41) is 4.96. The zero-order chi connectivity index (χ0) is 22.6. The molecule has 0 bridgehead atoms. The zero-order valence-electron chi connectivity index (χ0n) is 19.6. The van der Waals surface area contributed by atoms with Gasteiger partial charge in [0.05, 0.1) is 5.39 Å². The first kappa shape index (κ1) is 21.9. The number of nitrogens with one attached hydrogen (secondary N) is 1. The number of hydrogen-bond acceptors (Lipinski definition) is 5. The van der Waals surface area contributed by atoms with Crippen LogP contribution in [0.15, 0.2) is 54.6 Å². The van der Waals surface area contributed by atoms with Gasteiger partial charge in [0.1, 0.15) is 10.6 Å². The van der Waals surface area contributed by atoms with E-state index < -0.39 is 0 Å². The van der Waals surface area contributed by atoms with Crippen molar-refractivity contribution in [2.75, 3.05) is 30.9 Å². The summed E-state index contributed by atoms with van der Waals surface area (Å²) in [6.45, 7) is 0.861. The third-order valence-electron chi connectivity index (χ3n) is 6.51. The zero-order valence-corrected chi connectivity index (χ0v) is 20.4. The first-order chi connectivity index (χ1) is 16.2. The Balaban J connectivity index is 1.53. The molecule has 170 valence electrons. The van der Waals surface area contributed by atoms with Gasteiger partial charge in [-0.2, -0.15) is 0 Å². The molecule has 0 amide bonds.